The van der Waals surface area contributed by atoms with E-state index in [-0.39, 0.29) is 11.8 Å². The molecule has 2 nitrogen and oxygen atoms in total. The van der Waals surface area contributed by atoms with Crippen molar-refractivity contribution in [1.29, 1.82) is 0 Å². The molecule has 0 heterocycles. The number of nitrogens with one attached hydrogen (secondary N) is 1. The van der Waals surface area contributed by atoms with E-state index in [4.69, 9.17) is 0 Å². The summed E-state index contributed by atoms with van der Waals surface area (Å²) in [7, 11) is 0. The second-order valence-corrected chi connectivity index (χ2v) is 4.19. The number of carbonyl (C=O) groups excluding carboxylic acids is 1. The molecule has 1 fully saturated rings. The Labute approximate surface area is 81.1 Å². The Bertz CT molecular complexity index is 179. The molecule has 0 aromatic heterocycles. The predicted molar refractivity (Wildman–Crippen MR) is 54.4 cm³/mol. The summed E-state index contributed by atoms with van der Waals surface area (Å²) in [5.41, 5.74) is 0.333. The smallest absolute Gasteiger partial charge is 0.223 e. The van der Waals surface area contributed by atoms with Gasteiger partial charge in [0, 0.05) is 12.5 Å². The van der Waals surface area contributed by atoms with Crippen molar-refractivity contribution in [2.24, 2.45) is 11.3 Å². The maximum Gasteiger partial charge on any atom is 0.223 e. The van der Waals surface area contributed by atoms with E-state index in [1.54, 1.807) is 0 Å². The molecule has 1 atom stereocenters. The largest absolute Gasteiger partial charge is 0.356 e. The van der Waals surface area contributed by atoms with Crippen LogP contribution >= 0.6 is 0 Å². The fraction of sp³-hybridized carbons (Fsp3) is 0.909. The van der Waals surface area contributed by atoms with Crippen molar-refractivity contribution in [1.82, 2.24) is 5.32 Å². The maximum absolute atomic E-state index is 11.6. The molecule has 1 aliphatic rings. The van der Waals surface area contributed by atoms with Crippen molar-refractivity contribution in [3.05, 3.63) is 0 Å². The highest BCUT2D eigenvalue weighted by Crippen LogP contribution is 2.49. The number of amides is 1. The highest BCUT2D eigenvalue weighted by atomic mass is 16.1. The van der Waals surface area contributed by atoms with Crippen LogP contribution in [0, 0.1) is 11.3 Å². The molecule has 1 saturated carbocycles. The van der Waals surface area contributed by atoms with Gasteiger partial charge in [-0.1, -0.05) is 20.3 Å². The minimum atomic E-state index is 0.200. The lowest BCUT2D eigenvalue weighted by atomic mass is 9.60. The lowest BCUT2D eigenvalue weighted by molar-refractivity contribution is -0.131. The van der Waals surface area contributed by atoms with Crippen LogP contribution in [0.15, 0.2) is 0 Å². The van der Waals surface area contributed by atoms with E-state index < -0.39 is 0 Å². The molecular formula is C11H21NO. The fourth-order valence-electron chi connectivity index (χ4n) is 2.33. The summed E-state index contributed by atoms with van der Waals surface area (Å²) in [6.45, 7) is 7.01. The molecule has 0 saturated heterocycles. The lowest BCUT2D eigenvalue weighted by Crippen LogP contribution is -2.44. The lowest BCUT2D eigenvalue weighted by Gasteiger charge is -2.45. The molecule has 0 aromatic carbocycles. The van der Waals surface area contributed by atoms with Gasteiger partial charge in [-0.05, 0) is 31.6 Å². The summed E-state index contributed by atoms with van der Waals surface area (Å²) < 4.78 is 0. The van der Waals surface area contributed by atoms with E-state index in [1.165, 1.54) is 19.3 Å². The van der Waals surface area contributed by atoms with E-state index in [2.05, 4.69) is 19.2 Å². The first-order valence-electron chi connectivity index (χ1n) is 5.44. The Morgan fingerprint density at radius 2 is 2.08 bits per heavy atom. The molecule has 0 aromatic rings. The fourth-order valence-corrected chi connectivity index (χ4v) is 2.33. The predicted octanol–water partition coefficient (Wildman–Crippen LogP) is 2.34. The average Bonchev–Trinajstić information content (AvgIpc) is 2.03. The first kappa shape index (κ1) is 10.6. The molecule has 1 aliphatic carbocycles. The Kier molecular flexibility index (Phi) is 3.34. The van der Waals surface area contributed by atoms with E-state index in [0.717, 1.165) is 13.0 Å². The van der Waals surface area contributed by atoms with Crippen LogP contribution in [0.2, 0.25) is 0 Å². The molecule has 13 heavy (non-hydrogen) atoms. The third-order valence-electron chi connectivity index (χ3n) is 3.72. The number of hydrogen-bond acceptors (Lipinski definition) is 1. The number of carbonyl (C=O) groups is 1. The van der Waals surface area contributed by atoms with Crippen LogP contribution in [-0.4, -0.2) is 12.5 Å². The summed E-state index contributed by atoms with van der Waals surface area (Å²) in [4.78, 5) is 11.6. The molecule has 1 unspecified atom stereocenters. The zero-order valence-electron chi connectivity index (χ0n) is 9.02. The van der Waals surface area contributed by atoms with Crippen LogP contribution in [-0.2, 0) is 4.79 Å². The SMILES string of the molecule is CCNC(=O)C(C)C1(CC)CCC1. The number of hydrogen-bond donors (Lipinski definition) is 1. The molecule has 1 rings (SSSR count). The van der Waals surface area contributed by atoms with Crippen molar-refractivity contribution in [3.8, 4) is 0 Å². The van der Waals surface area contributed by atoms with Gasteiger partial charge in [-0.2, -0.15) is 0 Å². The van der Waals surface area contributed by atoms with E-state index >= 15 is 0 Å². The molecule has 1 N–H and O–H groups in total. The van der Waals surface area contributed by atoms with Crippen LogP contribution in [0.3, 0.4) is 0 Å². The van der Waals surface area contributed by atoms with Gasteiger partial charge in [-0.25, -0.2) is 0 Å². The monoisotopic (exact) mass is 183 g/mol. The normalized spacial score (nSPS) is 21.8. The third kappa shape index (κ3) is 1.87. The average molecular weight is 183 g/mol. The van der Waals surface area contributed by atoms with E-state index in [9.17, 15) is 4.79 Å². The molecular weight excluding hydrogens is 162 g/mol. The first-order valence-corrected chi connectivity index (χ1v) is 5.44. The van der Waals surface area contributed by atoms with Gasteiger partial charge in [0.05, 0.1) is 0 Å². The number of rotatable bonds is 4. The van der Waals surface area contributed by atoms with E-state index in [0.29, 0.717) is 5.41 Å². The van der Waals surface area contributed by atoms with Crippen molar-refractivity contribution >= 4 is 5.91 Å². The minimum Gasteiger partial charge on any atom is -0.356 e. The highest BCUT2D eigenvalue weighted by molar-refractivity contribution is 5.79. The van der Waals surface area contributed by atoms with E-state index in [1.807, 2.05) is 6.92 Å². The molecule has 0 bridgehead atoms. The summed E-state index contributed by atoms with van der Waals surface area (Å²) >= 11 is 0. The standard InChI is InChI=1S/C11H21NO/c1-4-11(7-6-8-11)9(3)10(13)12-5-2/h9H,4-8H2,1-3H3,(H,12,13). The van der Waals surface area contributed by atoms with Gasteiger partial charge in [-0.3, -0.25) is 4.79 Å². The molecule has 0 radical (unpaired) electrons. The van der Waals surface area contributed by atoms with Crippen LogP contribution in [0.5, 0.6) is 0 Å². The van der Waals surface area contributed by atoms with Gasteiger partial charge < -0.3 is 5.32 Å². The minimum absolute atomic E-state index is 0.200. The Hall–Kier alpha value is -0.530. The second kappa shape index (κ2) is 4.12. The molecule has 2 heteroatoms. The van der Waals surface area contributed by atoms with Gasteiger partial charge in [0.15, 0.2) is 0 Å². The highest BCUT2D eigenvalue weighted by Gasteiger charge is 2.43. The van der Waals surface area contributed by atoms with Gasteiger partial charge in [-0.15, -0.1) is 0 Å². The van der Waals surface area contributed by atoms with Gasteiger partial charge in [0.25, 0.3) is 0 Å². The zero-order valence-corrected chi connectivity index (χ0v) is 9.02. The maximum atomic E-state index is 11.6. The molecule has 1 amide bonds. The topological polar surface area (TPSA) is 29.1 Å². The Morgan fingerprint density at radius 1 is 1.46 bits per heavy atom. The molecule has 76 valence electrons. The first-order chi connectivity index (χ1) is 6.16. The van der Waals surface area contributed by atoms with Crippen LogP contribution in [0.1, 0.15) is 46.5 Å². The second-order valence-electron chi connectivity index (χ2n) is 4.19. The van der Waals surface area contributed by atoms with Gasteiger partial charge in [0.1, 0.15) is 0 Å². The molecule has 0 spiro atoms. The van der Waals surface area contributed by atoms with Crippen molar-refractivity contribution in [2.45, 2.75) is 46.5 Å². The zero-order chi connectivity index (χ0) is 9.90. The quantitative estimate of drug-likeness (QED) is 0.712. The van der Waals surface area contributed by atoms with Gasteiger partial charge >= 0.3 is 0 Å². The van der Waals surface area contributed by atoms with Crippen LogP contribution in [0.4, 0.5) is 0 Å². The van der Waals surface area contributed by atoms with Crippen molar-refractivity contribution in [2.75, 3.05) is 6.54 Å². The Balaban J connectivity index is 2.53. The summed E-state index contributed by atoms with van der Waals surface area (Å²) in [6, 6.07) is 0. The summed E-state index contributed by atoms with van der Waals surface area (Å²) in [5.74, 6) is 0.440. The summed E-state index contributed by atoms with van der Waals surface area (Å²) in [6.07, 6.45) is 4.92. The van der Waals surface area contributed by atoms with Crippen LogP contribution < -0.4 is 5.32 Å². The van der Waals surface area contributed by atoms with Crippen molar-refractivity contribution < 1.29 is 4.79 Å². The third-order valence-corrected chi connectivity index (χ3v) is 3.72. The molecule has 0 aliphatic heterocycles. The van der Waals surface area contributed by atoms with Crippen molar-refractivity contribution in [3.63, 3.8) is 0 Å². The van der Waals surface area contributed by atoms with Crippen LogP contribution in [0.25, 0.3) is 0 Å². The Morgan fingerprint density at radius 3 is 2.38 bits per heavy atom. The summed E-state index contributed by atoms with van der Waals surface area (Å²) in [5, 5.41) is 2.91. The van der Waals surface area contributed by atoms with Gasteiger partial charge in [0.2, 0.25) is 5.91 Å².